The predicted octanol–water partition coefficient (Wildman–Crippen LogP) is 3.97. The molecule has 0 bridgehead atoms. The van der Waals surface area contributed by atoms with Gasteiger partial charge in [0, 0.05) is 12.7 Å². The number of nitrogens with zero attached hydrogens (tertiary/aromatic N) is 2. The minimum absolute atomic E-state index is 0.174. The maximum atomic E-state index is 11.6. The molecule has 0 aliphatic heterocycles. The first-order valence-corrected chi connectivity index (χ1v) is 7.18. The van der Waals surface area contributed by atoms with Crippen molar-refractivity contribution in [3.05, 3.63) is 39.4 Å². The Morgan fingerprint density at radius 1 is 1.30 bits per heavy atom. The van der Waals surface area contributed by atoms with Crippen LogP contribution in [0.5, 0.6) is 0 Å². The zero-order chi connectivity index (χ0) is 14.9. The van der Waals surface area contributed by atoms with Crippen molar-refractivity contribution in [2.75, 3.05) is 19.1 Å². The number of hydrogen-bond donors (Lipinski definition) is 0. The largest absolute Gasteiger partial charge is 0.465 e. The first-order valence-electron chi connectivity index (χ1n) is 5.99. The lowest BCUT2D eigenvalue weighted by atomic mass is 10.1. The molecule has 0 saturated heterocycles. The minimum Gasteiger partial charge on any atom is -0.465 e. The standard InChI is InChI=1S/C14H15ClN2O2S/c1-8-5-9(2)7-10(6-8)17(3)14-16-12(15)11(20-14)13(18)19-4/h5-7H,1-4H3. The second kappa shape index (κ2) is 5.81. The fourth-order valence-corrected chi connectivity index (χ4v) is 3.09. The van der Waals surface area contributed by atoms with E-state index in [0.29, 0.717) is 10.0 Å². The van der Waals surface area contributed by atoms with E-state index in [-0.39, 0.29) is 5.15 Å². The Labute approximate surface area is 127 Å². The minimum atomic E-state index is -0.465. The van der Waals surface area contributed by atoms with Crippen molar-refractivity contribution in [3.63, 3.8) is 0 Å². The number of anilines is 2. The van der Waals surface area contributed by atoms with Gasteiger partial charge in [0.05, 0.1) is 7.11 Å². The van der Waals surface area contributed by atoms with E-state index in [0.717, 1.165) is 5.69 Å². The molecule has 1 heterocycles. The van der Waals surface area contributed by atoms with Gasteiger partial charge < -0.3 is 9.64 Å². The molecule has 0 amide bonds. The summed E-state index contributed by atoms with van der Waals surface area (Å²) in [5.41, 5.74) is 3.34. The summed E-state index contributed by atoms with van der Waals surface area (Å²) in [7, 11) is 3.22. The Bertz CT molecular complexity index is 634. The van der Waals surface area contributed by atoms with Crippen LogP contribution in [0.1, 0.15) is 20.8 Å². The van der Waals surface area contributed by atoms with Crippen molar-refractivity contribution >= 4 is 39.7 Å². The summed E-state index contributed by atoms with van der Waals surface area (Å²) in [6.07, 6.45) is 0. The van der Waals surface area contributed by atoms with Gasteiger partial charge in [-0.15, -0.1) is 0 Å². The average Bonchev–Trinajstić information content (AvgIpc) is 2.78. The number of carbonyl (C=O) groups excluding carboxylic acids is 1. The van der Waals surface area contributed by atoms with Gasteiger partial charge in [-0.2, -0.15) is 0 Å². The van der Waals surface area contributed by atoms with Gasteiger partial charge in [0.1, 0.15) is 0 Å². The molecule has 20 heavy (non-hydrogen) atoms. The molecule has 0 aliphatic rings. The van der Waals surface area contributed by atoms with Crippen LogP contribution in [0.15, 0.2) is 18.2 Å². The summed E-state index contributed by atoms with van der Waals surface area (Å²) in [4.78, 5) is 18.0. The van der Waals surface area contributed by atoms with Crippen LogP contribution in [0.25, 0.3) is 0 Å². The highest BCUT2D eigenvalue weighted by molar-refractivity contribution is 7.18. The molecule has 6 heteroatoms. The second-order valence-corrected chi connectivity index (χ2v) is 5.85. The third-order valence-electron chi connectivity index (χ3n) is 2.83. The zero-order valence-electron chi connectivity index (χ0n) is 11.7. The normalized spacial score (nSPS) is 10.4. The molecule has 1 aromatic carbocycles. The van der Waals surface area contributed by atoms with E-state index >= 15 is 0 Å². The summed E-state index contributed by atoms with van der Waals surface area (Å²) >= 11 is 7.20. The summed E-state index contributed by atoms with van der Waals surface area (Å²) in [6, 6.07) is 6.21. The highest BCUT2D eigenvalue weighted by Gasteiger charge is 2.20. The number of aromatic nitrogens is 1. The molecular formula is C14H15ClN2O2S. The molecule has 2 aromatic rings. The molecule has 0 unspecified atom stereocenters. The first kappa shape index (κ1) is 14.8. The maximum absolute atomic E-state index is 11.6. The third-order valence-corrected chi connectivity index (χ3v) is 4.32. The highest BCUT2D eigenvalue weighted by atomic mass is 35.5. The molecule has 0 fully saturated rings. The van der Waals surface area contributed by atoms with E-state index in [1.807, 2.05) is 25.8 Å². The van der Waals surface area contributed by atoms with E-state index in [1.165, 1.54) is 29.6 Å². The van der Waals surface area contributed by atoms with Crippen LogP contribution in [0.3, 0.4) is 0 Å². The molecule has 2 rings (SSSR count). The van der Waals surface area contributed by atoms with Gasteiger partial charge in [0.2, 0.25) is 0 Å². The Hall–Kier alpha value is -1.59. The van der Waals surface area contributed by atoms with Crippen molar-refractivity contribution in [2.24, 2.45) is 0 Å². The van der Waals surface area contributed by atoms with Gasteiger partial charge in [-0.1, -0.05) is 29.0 Å². The molecular weight excluding hydrogens is 296 g/mol. The molecule has 106 valence electrons. The van der Waals surface area contributed by atoms with Gasteiger partial charge >= 0.3 is 5.97 Å². The molecule has 0 aliphatic carbocycles. The number of benzene rings is 1. The van der Waals surface area contributed by atoms with Crippen molar-refractivity contribution < 1.29 is 9.53 Å². The van der Waals surface area contributed by atoms with Gasteiger partial charge in [0.25, 0.3) is 0 Å². The lowest BCUT2D eigenvalue weighted by Crippen LogP contribution is -2.09. The average molecular weight is 311 g/mol. The molecule has 0 radical (unpaired) electrons. The zero-order valence-corrected chi connectivity index (χ0v) is 13.3. The van der Waals surface area contributed by atoms with Gasteiger partial charge in [-0.25, -0.2) is 9.78 Å². The van der Waals surface area contributed by atoms with E-state index in [1.54, 1.807) is 0 Å². The maximum Gasteiger partial charge on any atom is 0.351 e. The Balaban J connectivity index is 2.38. The Morgan fingerprint density at radius 2 is 1.90 bits per heavy atom. The van der Waals surface area contributed by atoms with Crippen LogP contribution in [0.2, 0.25) is 5.15 Å². The summed E-state index contributed by atoms with van der Waals surface area (Å²) < 4.78 is 4.68. The first-order chi connectivity index (χ1) is 9.42. The van der Waals surface area contributed by atoms with Gasteiger partial charge in [-0.05, 0) is 37.1 Å². The quantitative estimate of drug-likeness (QED) is 0.805. The summed E-state index contributed by atoms with van der Waals surface area (Å²) in [5, 5.41) is 0.827. The number of esters is 1. The van der Waals surface area contributed by atoms with Crippen molar-refractivity contribution in [1.82, 2.24) is 4.98 Å². The van der Waals surface area contributed by atoms with Crippen LogP contribution in [-0.2, 0) is 4.74 Å². The topological polar surface area (TPSA) is 42.4 Å². The van der Waals surface area contributed by atoms with Crippen LogP contribution in [0.4, 0.5) is 10.8 Å². The number of methoxy groups -OCH3 is 1. The monoisotopic (exact) mass is 310 g/mol. The summed E-state index contributed by atoms with van der Waals surface area (Å²) in [6.45, 7) is 4.08. The number of rotatable bonds is 3. The number of halogens is 1. The number of thiazole rings is 1. The number of ether oxygens (including phenoxy) is 1. The number of carbonyl (C=O) groups is 1. The fraction of sp³-hybridized carbons (Fsp3) is 0.286. The third kappa shape index (κ3) is 2.94. The molecule has 0 atom stereocenters. The Kier molecular flexibility index (Phi) is 4.30. The molecule has 1 aromatic heterocycles. The lowest BCUT2D eigenvalue weighted by Gasteiger charge is -2.17. The van der Waals surface area contributed by atoms with Crippen molar-refractivity contribution in [2.45, 2.75) is 13.8 Å². The van der Waals surface area contributed by atoms with E-state index < -0.39 is 5.97 Å². The SMILES string of the molecule is COC(=O)c1sc(N(C)c2cc(C)cc(C)c2)nc1Cl. The van der Waals surface area contributed by atoms with E-state index in [9.17, 15) is 4.79 Å². The lowest BCUT2D eigenvalue weighted by molar-refractivity contribution is 0.0606. The Morgan fingerprint density at radius 3 is 2.45 bits per heavy atom. The van der Waals surface area contributed by atoms with Gasteiger partial charge in [-0.3, -0.25) is 0 Å². The fourth-order valence-electron chi connectivity index (χ4n) is 1.91. The van der Waals surface area contributed by atoms with Gasteiger partial charge in [0.15, 0.2) is 15.2 Å². The molecule has 0 spiro atoms. The van der Waals surface area contributed by atoms with E-state index in [2.05, 4.69) is 27.9 Å². The van der Waals surface area contributed by atoms with Crippen LogP contribution < -0.4 is 4.90 Å². The molecule has 0 saturated carbocycles. The van der Waals surface area contributed by atoms with Crippen LogP contribution in [0, 0.1) is 13.8 Å². The van der Waals surface area contributed by atoms with Crippen LogP contribution >= 0.6 is 22.9 Å². The predicted molar refractivity (Wildman–Crippen MR) is 82.4 cm³/mol. The highest BCUT2D eigenvalue weighted by Crippen LogP contribution is 2.33. The van der Waals surface area contributed by atoms with Crippen molar-refractivity contribution in [1.29, 1.82) is 0 Å². The smallest absolute Gasteiger partial charge is 0.351 e. The number of aryl methyl sites for hydroxylation is 2. The molecule has 0 N–H and O–H groups in total. The van der Waals surface area contributed by atoms with E-state index in [4.69, 9.17) is 11.6 Å². The summed E-state index contributed by atoms with van der Waals surface area (Å²) in [5.74, 6) is -0.465. The number of hydrogen-bond acceptors (Lipinski definition) is 5. The molecule has 4 nitrogen and oxygen atoms in total. The van der Waals surface area contributed by atoms with Crippen LogP contribution in [-0.4, -0.2) is 25.1 Å². The van der Waals surface area contributed by atoms with Crippen molar-refractivity contribution in [3.8, 4) is 0 Å². The second-order valence-electron chi connectivity index (χ2n) is 4.51.